The lowest BCUT2D eigenvalue weighted by Crippen LogP contribution is -2.02. The van der Waals surface area contributed by atoms with Gasteiger partial charge in [0.05, 0.1) is 10.6 Å². The van der Waals surface area contributed by atoms with Crippen LogP contribution in [-0.4, -0.2) is 21.8 Å². The van der Waals surface area contributed by atoms with Gasteiger partial charge in [0.25, 0.3) is 0 Å². The number of anilines is 1. The highest BCUT2D eigenvalue weighted by Gasteiger charge is 2.19. The molecule has 0 aliphatic rings. The van der Waals surface area contributed by atoms with Gasteiger partial charge in [0.2, 0.25) is 5.52 Å². The van der Waals surface area contributed by atoms with Gasteiger partial charge in [0.15, 0.2) is 5.52 Å². The van der Waals surface area contributed by atoms with E-state index in [1.807, 2.05) is 6.92 Å². The topological polar surface area (TPSA) is 94.1 Å². The molecule has 0 fully saturated rings. The number of nitro benzene ring substituents is 1. The van der Waals surface area contributed by atoms with Crippen LogP contribution in [0.3, 0.4) is 0 Å². The molecule has 0 aliphatic heterocycles. The summed E-state index contributed by atoms with van der Waals surface area (Å²) < 4.78 is 4.54. The number of hydrogen-bond acceptors (Lipinski definition) is 6. The molecule has 2 aromatic rings. The van der Waals surface area contributed by atoms with Gasteiger partial charge in [0, 0.05) is 12.6 Å². The van der Waals surface area contributed by atoms with Crippen LogP contribution in [0.25, 0.3) is 11.0 Å². The van der Waals surface area contributed by atoms with Crippen molar-refractivity contribution in [2.45, 2.75) is 6.92 Å². The molecule has 88 valence electrons. The average molecular weight is 234 g/mol. The number of benzene rings is 1. The number of non-ortho nitro benzene ring substituents is 1. The van der Waals surface area contributed by atoms with Crippen LogP contribution in [0.15, 0.2) is 28.9 Å². The molecule has 7 nitrogen and oxygen atoms in total. The summed E-state index contributed by atoms with van der Waals surface area (Å²) in [5.74, 6) is 0. The zero-order valence-electron chi connectivity index (χ0n) is 9.14. The molecule has 0 amide bonds. The molecular formula is C10H10N4O3. The predicted octanol–water partition coefficient (Wildman–Crippen LogP) is 2.12. The zero-order chi connectivity index (χ0) is 12.4. The van der Waals surface area contributed by atoms with Crippen molar-refractivity contribution in [2.24, 2.45) is 0 Å². The molecule has 17 heavy (non-hydrogen) atoms. The van der Waals surface area contributed by atoms with Gasteiger partial charge in [-0.2, -0.15) is 0 Å². The van der Waals surface area contributed by atoms with Crippen molar-refractivity contribution in [3.63, 3.8) is 0 Å². The predicted molar refractivity (Wildman–Crippen MR) is 61.8 cm³/mol. The van der Waals surface area contributed by atoms with Gasteiger partial charge in [0.1, 0.15) is 0 Å². The summed E-state index contributed by atoms with van der Waals surface area (Å²) in [4.78, 5) is 10.2. The van der Waals surface area contributed by atoms with E-state index in [-0.39, 0.29) is 11.2 Å². The minimum absolute atomic E-state index is 0.123. The Labute approximate surface area is 96.2 Å². The number of nitrogens with one attached hydrogen (secondary N) is 1. The summed E-state index contributed by atoms with van der Waals surface area (Å²) in [7, 11) is 0. The molecule has 2 rings (SSSR count). The fraction of sp³-hybridized carbons (Fsp3) is 0.200. The van der Waals surface area contributed by atoms with Crippen molar-refractivity contribution in [3.05, 3.63) is 34.4 Å². The molecule has 1 N–H and O–H groups in total. The third-order valence-electron chi connectivity index (χ3n) is 2.17. The summed E-state index contributed by atoms with van der Waals surface area (Å²) in [5, 5.41) is 21.0. The van der Waals surface area contributed by atoms with E-state index in [1.54, 1.807) is 6.07 Å². The summed E-state index contributed by atoms with van der Waals surface area (Å²) in [5.41, 5.74) is 1.94. The van der Waals surface area contributed by atoms with Crippen LogP contribution in [0.4, 0.5) is 11.4 Å². The van der Waals surface area contributed by atoms with Crippen LogP contribution in [0.1, 0.15) is 6.92 Å². The van der Waals surface area contributed by atoms with Crippen molar-refractivity contribution in [1.29, 1.82) is 0 Å². The maximum atomic E-state index is 10.8. The van der Waals surface area contributed by atoms with Crippen LogP contribution >= 0.6 is 0 Å². The normalized spacial score (nSPS) is 10.4. The first-order valence-corrected chi connectivity index (χ1v) is 4.87. The first-order valence-electron chi connectivity index (χ1n) is 4.87. The van der Waals surface area contributed by atoms with Gasteiger partial charge >= 0.3 is 5.69 Å². The Morgan fingerprint density at radius 2 is 2.24 bits per heavy atom. The second-order valence-electron chi connectivity index (χ2n) is 3.66. The number of nitro groups is 1. The molecule has 0 bridgehead atoms. The lowest BCUT2D eigenvalue weighted by Gasteiger charge is -2.05. The van der Waals surface area contributed by atoms with Crippen molar-refractivity contribution in [1.82, 2.24) is 10.3 Å². The van der Waals surface area contributed by atoms with Crippen LogP contribution in [0.5, 0.6) is 0 Å². The Bertz CT molecular complexity index is 590. The van der Waals surface area contributed by atoms with Crippen molar-refractivity contribution >= 4 is 22.4 Å². The smallest absolute Gasteiger partial charge is 0.300 e. The monoisotopic (exact) mass is 234 g/mol. The maximum Gasteiger partial charge on any atom is 0.300 e. The van der Waals surface area contributed by atoms with Crippen LogP contribution in [0.2, 0.25) is 0 Å². The van der Waals surface area contributed by atoms with Crippen LogP contribution in [-0.2, 0) is 0 Å². The average Bonchev–Trinajstić information content (AvgIpc) is 2.73. The molecule has 0 saturated heterocycles. The van der Waals surface area contributed by atoms with Crippen molar-refractivity contribution < 1.29 is 9.55 Å². The van der Waals surface area contributed by atoms with E-state index in [0.29, 0.717) is 17.7 Å². The first kappa shape index (κ1) is 11.1. The number of rotatable bonds is 4. The third-order valence-corrected chi connectivity index (χ3v) is 2.17. The second kappa shape index (κ2) is 4.20. The molecular weight excluding hydrogens is 224 g/mol. The lowest BCUT2D eigenvalue weighted by atomic mass is 10.2. The van der Waals surface area contributed by atoms with E-state index in [9.17, 15) is 10.1 Å². The minimum Gasteiger partial charge on any atom is -0.379 e. The Morgan fingerprint density at radius 1 is 1.53 bits per heavy atom. The van der Waals surface area contributed by atoms with Gasteiger partial charge in [-0.05, 0) is 23.3 Å². The highest BCUT2D eigenvalue weighted by molar-refractivity contribution is 5.93. The molecule has 0 aliphatic carbocycles. The van der Waals surface area contributed by atoms with E-state index in [2.05, 4.69) is 26.8 Å². The van der Waals surface area contributed by atoms with E-state index in [4.69, 9.17) is 0 Å². The van der Waals surface area contributed by atoms with Gasteiger partial charge < -0.3 is 5.32 Å². The molecule has 1 aromatic carbocycles. The number of aromatic nitrogens is 2. The number of fused-ring (bicyclic) bond motifs is 1. The van der Waals surface area contributed by atoms with Crippen molar-refractivity contribution in [3.8, 4) is 0 Å². The third kappa shape index (κ3) is 2.07. The molecule has 0 unspecified atom stereocenters. The Balaban J connectivity index is 2.46. The van der Waals surface area contributed by atoms with Crippen molar-refractivity contribution in [2.75, 3.05) is 11.9 Å². The number of nitrogens with zero attached hydrogens (tertiary/aromatic N) is 3. The molecule has 1 heterocycles. The summed E-state index contributed by atoms with van der Waals surface area (Å²) in [6.45, 7) is 6.18. The maximum absolute atomic E-state index is 10.8. The fourth-order valence-electron chi connectivity index (χ4n) is 1.39. The zero-order valence-corrected chi connectivity index (χ0v) is 9.14. The standard InChI is InChI=1S/C10H10N4O3/c1-6(2)5-11-7-3-4-8(14(15)16)10-9(7)12-17-13-10/h3-4,11H,1,5H2,2H3. The fourth-order valence-corrected chi connectivity index (χ4v) is 1.39. The largest absolute Gasteiger partial charge is 0.379 e. The van der Waals surface area contributed by atoms with E-state index >= 15 is 0 Å². The molecule has 0 radical (unpaired) electrons. The molecule has 1 aromatic heterocycles. The molecule has 0 saturated carbocycles. The second-order valence-corrected chi connectivity index (χ2v) is 3.66. The molecule has 7 heteroatoms. The quantitative estimate of drug-likeness (QED) is 0.494. The summed E-state index contributed by atoms with van der Waals surface area (Å²) in [6, 6.07) is 2.95. The Kier molecular flexibility index (Phi) is 2.73. The lowest BCUT2D eigenvalue weighted by molar-refractivity contribution is -0.383. The Morgan fingerprint density at radius 3 is 2.88 bits per heavy atom. The first-order chi connectivity index (χ1) is 8.09. The molecule has 0 spiro atoms. The highest BCUT2D eigenvalue weighted by atomic mass is 16.6. The van der Waals surface area contributed by atoms with E-state index in [0.717, 1.165) is 5.57 Å². The SMILES string of the molecule is C=C(C)CNc1ccc([N+](=O)[O-])c2nonc12. The van der Waals surface area contributed by atoms with Gasteiger partial charge in [-0.1, -0.05) is 12.2 Å². The number of hydrogen-bond donors (Lipinski definition) is 1. The summed E-state index contributed by atoms with van der Waals surface area (Å²) in [6.07, 6.45) is 0. The van der Waals surface area contributed by atoms with E-state index < -0.39 is 4.92 Å². The molecule has 0 atom stereocenters. The Hall–Kier alpha value is -2.44. The highest BCUT2D eigenvalue weighted by Crippen LogP contribution is 2.28. The van der Waals surface area contributed by atoms with Gasteiger partial charge in [-0.15, -0.1) is 0 Å². The minimum atomic E-state index is -0.519. The van der Waals surface area contributed by atoms with E-state index in [1.165, 1.54) is 6.07 Å². The van der Waals surface area contributed by atoms with Crippen LogP contribution in [0, 0.1) is 10.1 Å². The van der Waals surface area contributed by atoms with Gasteiger partial charge in [-0.3, -0.25) is 10.1 Å². The van der Waals surface area contributed by atoms with Gasteiger partial charge in [-0.25, -0.2) is 4.63 Å². The summed E-state index contributed by atoms with van der Waals surface area (Å²) >= 11 is 0. The van der Waals surface area contributed by atoms with Crippen LogP contribution < -0.4 is 5.32 Å².